The lowest BCUT2D eigenvalue weighted by molar-refractivity contribution is -0.0519. The van der Waals surface area contributed by atoms with Gasteiger partial charge in [0.1, 0.15) is 6.10 Å². The number of hydrogen-bond acceptors (Lipinski definition) is 11. The molecule has 7 atom stereocenters. The van der Waals surface area contributed by atoms with E-state index in [1.54, 1.807) is 24.3 Å². The van der Waals surface area contributed by atoms with Crippen LogP contribution < -0.4 is 10.6 Å². The number of rotatable bonds is 21. The lowest BCUT2D eigenvalue weighted by atomic mass is 9.47. The zero-order valence-corrected chi connectivity index (χ0v) is 36.8. The number of ether oxygens (including phenoxy) is 4. The van der Waals surface area contributed by atoms with Crippen molar-refractivity contribution in [2.75, 3.05) is 59.0 Å². The molecule has 0 spiro atoms. The van der Waals surface area contributed by atoms with Gasteiger partial charge in [-0.3, -0.25) is 4.79 Å². The van der Waals surface area contributed by atoms with Crippen molar-refractivity contribution in [2.24, 2.45) is 40.4 Å². The Balaban J connectivity index is 0.776. The molecule has 0 aliphatic heterocycles. The molecule has 59 heavy (non-hydrogen) atoms. The van der Waals surface area contributed by atoms with Crippen LogP contribution in [0.4, 0.5) is 4.79 Å². The van der Waals surface area contributed by atoms with Crippen molar-refractivity contribution in [1.29, 1.82) is 0 Å². The molecule has 2 N–H and O–H groups in total. The van der Waals surface area contributed by atoms with Gasteiger partial charge in [0.15, 0.2) is 0 Å². The Morgan fingerprint density at radius 1 is 0.864 bits per heavy atom. The van der Waals surface area contributed by atoms with Crippen LogP contribution in [-0.4, -0.2) is 95.7 Å². The lowest BCUT2D eigenvalue weighted by Crippen LogP contribution is -2.50. The van der Waals surface area contributed by atoms with Gasteiger partial charge in [-0.2, -0.15) is 0 Å². The third-order valence-electron chi connectivity index (χ3n) is 14.0. The molecule has 1 aromatic heterocycles. The Kier molecular flexibility index (Phi) is 15.7. The molecule has 6 rings (SSSR count). The summed E-state index contributed by atoms with van der Waals surface area (Å²) in [5, 5.41) is 12.5. The number of alkyl carbamates (subject to hydrolysis) is 1. The standard InChI is InChI=1S/C45H68N4O9S/c1-31(2)8-6-7-9-34-15-17-38-37-16-14-35-30-36(18-20-45(35,4)39(37)19-21-44(34,38)3)57-42(51)47-23-25-55-27-29-56-28-26-54-24-22-46-40(50)32-10-12-33(13-11-32)41-48-49-43(58-41)59(5,52)53/h10-14,31,34,36-39H,6-9,15-30H2,1-5H3,(H,46,50)(H,47,51). The van der Waals surface area contributed by atoms with Gasteiger partial charge >= 0.3 is 11.3 Å². The van der Waals surface area contributed by atoms with Gasteiger partial charge in [0.05, 0.1) is 39.6 Å². The molecule has 13 nitrogen and oxygen atoms in total. The van der Waals surface area contributed by atoms with Crippen molar-refractivity contribution in [2.45, 2.75) is 116 Å². The molecule has 7 unspecified atom stereocenters. The van der Waals surface area contributed by atoms with E-state index in [0.29, 0.717) is 69.3 Å². The van der Waals surface area contributed by atoms with Crippen molar-refractivity contribution in [3.63, 3.8) is 0 Å². The molecule has 1 heterocycles. The molecule has 328 valence electrons. The molecule has 2 aromatic rings. The fourth-order valence-electron chi connectivity index (χ4n) is 10.8. The number of hydrogen-bond donors (Lipinski definition) is 2. The molecule has 14 heteroatoms. The molecule has 0 saturated heterocycles. The maximum atomic E-state index is 12.7. The van der Waals surface area contributed by atoms with Crippen LogP contribution in [0.25, 0.3) is 11.5 Å². The van der Waals surface area contributed by atoms with Crippen molar-refractivity contribution in [1.82, 2.24) is 20.8 Å². The monoisotopic (exact) mass is 840 g/mol. The number of unbranched alkanes of at least 4 members (excludes halogenated alkanes) is 1. The average molecular weight is 841 g/mol. The number of sulfone groups is 1. The minimum atomic E-state index is -3.60. The van der Waals surface area contributed by atoms with E-state index in [4.69, 9.17) is 23.4 Å². The first-order chi connectivity index (χ1) is 28.3. The SMILES string of the molecule is CC(C)CCCCC1CCC2C3CC=C4CC(OC(=O)NCCOCCOCCOCCNC(=O)c5ccc(-c6nnc(S(C)(=O)=O)o6)cc5)CCC4(C)C3CCC12C. The highest BCUT2D eigenvalue weighted by Gasteiger charge is 2.58. The predicted octanol–water partition coefficient (Wildman–Crippen LogP) is 7.81. The first-order valence-corrected chi connectivity index (χ1v) is 24.0. The topological polar surface area (TPSA) is 168 Å². The number of amides is 2. The summed E-state index contributed by atoms with van der Waals surface area (Å²) in [5.74, 6) is 3.92. The van der Waals surface area contributed by atoms with Crippen molar-refractivity contribution >= 4 is 21.8 Å². The van der Waals surface area contributed by atoms with E-state index < -0.39 is 15.1 Å². The highest BCUT2D eigenvalue weighted by atomic mass is 32.2. The maximum Gasteiger partial charge on any atom is 0.407 e. The Bertz CT molecular complexity index is 1830. The van der Waals surface area contributed by atoms with E-state index >= 15 is 0 Å². The summed E-state index contributed by atoms with van der Waals surface area (Å²) in [5.41, 5.74) is 3.21. The molecule has 3 saturated carbocycles. The number of benzene rings is 1. The van der Waals surface area contributed by atoms with Crippen LogP contribution in [0, 0.1) is 40.4 Å². The minimum Gasteiger partial charge on any atom is -0.446 e. The predicted molar refractivity (Wildman–Crippen MR) is 224 cm³/mol. The fourth-order valence-corrected chi connectivity index (χ4v) is 11.2. The van der Waals surface area contributed by atoms with E-state index in [1.165, 1.54) is 63.4 Å². The summed E-state index contributed by atoms with van der Waals surface area (Å²) in [6, 6.07) is 6.38. The molecular formula is C45H68N4O9S. The summed E-state index contributed by atoms with van der Waals surface area (Å²) < 4.78 is 50.9. The minimum absolute atomic E-state index is 0.0517. The Morgan fingerprint density at radius 2 is 1.56 bits per heavy atom. The number of allylic oxidation sites excluding steroid dienone is 1. The van der Waals surface area contributed by atoms with Gasteiger partial charge in [-0.25, -0.2) is 13.2 Å². The van der Waals surface area contributed by atoms with Gasteiger partial charge in [-0.15, -0.1) is 5.10 Å². The van der Waals surface area contributed by atoms with E-state index in [2.05, 4.69) is 54.6 Å². The van der Waals surface area contributed by atoms with Crippen LogP contribution in [0.5, 0.6) is 0 Å². The van der Waals surface area contributed by atoms with Gasteiger partial charge < -0.3 is 34.0 Å². The largest absolute Gasteiger partial charge is 0.446 e. The Morgan fingerprint density at radius 3 is 2.24 bits per heavy atom. The quantitative estimate of drug-likeness (QED) is 0.0929. The van der Waals surface area contributed by atoms with Gasteiger partial charge in [0.2, 0.25) is 15.7 Å². The van der Waals surface area contributed by atoms with Gasteiger partial charge in [-0.05, 0) is 116 Å². The number of carbonyl (C=O) groups excluding carboxylic acids is 2. The third kappa shape index (κ3) is 11.5. The van der Waals surface area contributed by atoms with Gasteiger partial charge in [-0.1, -0.05) is 63.7 Å². The highest BCUT2D eigenvalue weighted by molar-refractivity contribution is 7.90. The molecule has 2 amide bonds. The van der Waals surface area contributed by atoms with E-state index in [0.717, 1.165) is 55.1 Å². The summed E-state index contributed by atoms with van der Waals surface area (Å²) >= 11 is 0. The molecule has 4 aliphatic carbocycles. The number of carbonyl (C=O) groups is 2. The average Bonchev–Trinajstić information content (AvgIpc) is 3.84. The molecule has 1 aromatic carbocycles. The second kappa shape index (κ2) is 20.5. The van der Waals surface area contributed by atoms with Crippen molar-refractivity contribution < 1.29 is 41.4 Å². The second-order valence-electron chi connectivity index (χ2n) is 18.3. The zero-order chi connectivity index (χ0) is 42.0. The van der Waals surface area contributed by atoms with Crippen LogP contribution in [0.1, 0.15) is 115 Å². The molecule has 4 aliphatic rings. The third-order valence-corrected chi connectivity index (χ3v) is 14.8. The number of aromatic nitrogens is 2. The lowest BCUT2D eigenvalue weighted by Gasteiger charge is -2.58. The normalized spacial score (nSPS) is 27.7. The Hall–Kier alpha value is -3.33. The molecular weight excluding hydrogens is 773 g/mol. The summed E-state index contributed by atoms with van der Waals surface area (Å²) in [6.07, 6.45) is 18.4. The summed E-state index contributed by atoms with van der Waals surface area (Å²) in [6.45, 7) is 12.8. The number of nitrogens with one attached hydrogen (secondary N) is 2. The van der Waals surface area contributed by atoms with Gasteiger partial charge in [0, 0.05) is 36.9 Å². The van der Waals surface area contributed by atoms with E-state index in [1.807, 2.05) is 0 Å². The molecule has 3 fully saturated rings. The fraction of sp³-hybridized carbons (Fsp3) is 0.733. The van der Waals surface area contributed by atoms with Crippen molar-refractivity contribution in [3.05, 3.63) is 41.5 Å². The number of nitrogens with zero attached hydrogens (tertiary/aromatic N) is 2. The highest BCUT2D eigenvalue weighted by Crippen LogP contribution is 2.66. The molecule has 0 bridgehead atoms. The number of fused-ring (bicyclic) bond motifs is 5. The van der Waals surface area contributed by atoms with E-state index in [-0.39, 0.29) is 29.4 Å². The zero-order valence-electron chi connectivity index (χ0n) is 36.0. The van der Waals surface area contributed by atoms with Crippen LogP contribution in [0.15, 0.2) is 45.6 Å². The van der Waals surface area contributed by atoms with E-state index in [9.17, 15) is 18.0 Å². The van der Waals surface area contributed by atoms with Crippen LogP contribution in [0.2, 0.25) is 0 Å². The van der Waals surface area contributed by atoms with Crippen LogP contribution >= 0.6 is 0 Å². The van der Waals surface area contributed by atoms with Crippen molar-refractivity contribution in [3.8, 4) is 11.5 Å². The maximum absolute atomic E-state index is 12.7. The smallest absolute Gasteiger partial charge is 0.407 e. The molecule has 0 radical (unpaired) electrons. The summed E-state index contributed by atoms with van der Waals surface area (Å²) in [4.78, 5) is 25.1. The second-order valence-corrected chi connectivity index (χ2v) is 20.2. The van der Waals surface area contributed by atoms with Gasteiger partial charge in [0.25, 0.3) is 5.91 Å². The van der Waals surface area contributed by atoms with Crippen LogP contribution in [0.3, 0.4) is 0 Å². The van der Waals surface area contributed by atoms with Crippen LogP contribution in [-0.2, 0) is 28.8 Å². The summed E-state index contributed by atoms with van der Waals surface area (Å²) in [7, 11) is -3.60. The first-order valence-electron chi connectivity index (χ1n) is 22.1. The first kappa shape index (κ1) is 45.2. The Labute approximate surface area is 351 Å².